The molecular weight excluding hydrogens is 318 g/mol. The summed E-state index contributed by atoms with van der Waals surface area (Å²) < 4.78 is 5.11. The molecule has 0 aromatic heterocycles. The summed E-state index contributed by atoms with van der Waals surface area (Å²) in [5, 5.41) is 6.72. The van der Waals surface area contributed by atoms with Crippen LogP contribution < -0.4 is 10.6 Å². The number of nitrogens with one attached hydrogen (secondary N) is 2. The number of hydrogen-bond donors (Lipinski definition) is 2. The minimum atomic E-state index is -0.00983. The fourth-order valence-electron chi connectivity index (χ4n) is 2.60. The van der Waals surface area contributed by atoms with Crippen molar-refractivity contribution in [1.29, 1.82) is 0 Å². The SMILES string of the molecule is C=C(C)CNC(=NCC(=O)N(C)C)NC1CCN(CCCOC)CC1. The summed E-state index contributed by atoms with van der Waals surface area (Å²) in [6, 6.07) is 0.379. The molecule has 2 N–H and O–H groups in total. The average Bonchev–Trinajstić information content (AvgIpc) is 2.58. The predicted molar refractivity (Wildman–Crippen MR) is 103 cm³/mol. The van der Waals surface area contributed by atoms with Crippen molar-refractivity contribution in [2.45, 2.75) is 32.2 Å². The first-order chi connectivity index (χ1) is 11.9. The Balaban J connectivity index is 2.47. The minimum absolute atomic E-state index is 0.00983. The van der Waals surface area contributed by atoms with Crippen LogP contribution in [0.1, 0.15) is 26.2 Å². The Hall–Kier alpha value is -1.60. The van der Waals surface area contributed by atoms with E-state index in [2.05, 4.69) is 27.1 Å². The van der Waals surface area contributed by atoms with E-state index in [4.69, 9.17) is 4.74 Å². The van der Waals surface area contributed by atoms with E-state index >= 15 is 0 Å². The molecule has 0 aromatic rings. The molecule has 1 saturated heterocycles. The number of piperidine rings is 1. The van der Waals surface area contributed by atoms with E-state index in [-0.39, 0.29) is 12.5 Å². The summed E-state index contributed by atoms with van der Waals surface area (Å²) >= 11 is 0. The van der Waals surface area contributed by atoms with Crippen molar-refractivity contribution in [1.82, 2.24) is 20.4 Å². The maximum atomic E-state index is 11.8. The van der Waals surface area contributed by atoms with E-state index < -0.39 is 0 Å². The van der Waals surface area contributed by atoms with Crippen LogP contribution in [0.5, 0.6) is 0 Å². The molecule has 1 heterocycles. The van der Waals surface area contributed by atoms with Gasteiger partial charge in [0.05, 0.1) is 0 Å². The number of aliphatic imine (C=N–C) groups is 1. The first-order valence-electron chi connectivity index (χ1n) is 9.03. The van der Waals surface area contributed by atoms with Gasteiger partial charge in [0.2, 0.25) is 5.91 Å². The zero-order chi connectivity index (χ0) is 18.7. The molecule has 1 aliphatic heterocycles. The molecule has 1 aliphatic rings. The standard InChI is InChI=1S/C18H35N5O2/c1-15(2)13-19-18(20-14-17(24)22(3)4)21-16-7-10-23(11-8-16)9-6-12-25-5/h16H,1,6-14H2,2-5H3,(H2,19,20,21). The van der Waals surface area contributed by atoms with Crippen LogP contribution in [0.2, 0.25) is 0 Å². The second-order valence-corrected chi connectivity index (χ2v) is 6.87. The molecule has 0 aromatic carbocycles. The highest BCUT2D eigenvalue weighted by Crippen LogP contribution is 2.10. The van der Waals surface area contributed by atoms with Gasteiger partial charge in [-0.25, -0.2) is 4.99 Å². The molecule has 0 radical (unpaired) electrons. The van der Waals surface area contributed by atoms with Crippen LogP contribution in [0.25, 0.3) is 0 Å². The molecule has 0 aliphatic carbocycles. The van der Waals surface area contributed by atoms with Gasteiger partial charge in [-0.15, -0.1) is 0 Å². The van der Waals surface area contributed by atoms with E-state index in [1.165, 1.54) is 0 Å². The molecule has 0 saturated carbocycles. The summed E-state index contributed by atoms with van der Waals surface area (Å²) in [4.78, 5) is 20.2. The quantitative estimate of drug-likeness (QED) is 0.276. The Bertz CT molecular complexity index is 443. The van der Waals surface area contributed by atoms with Gasteiger partial charge in [0.1, 0.15) is 6.54 Å². The second-order valence-electron chi connectivity index (χ2n) is 6.87. The highest BCUT2D eigenvalue weighted by molar-refractivity contribution is 5.85. The third kappa shape index (κ3) is 9.45. The predicted octanol–water partition coefficient (Wildman–Crippen LogP) is 0.687. The van der Waals surface area contributed by atoms with Crippen LogP contribution in [-0.2, 0) is 9.53 Å². The van der Waals surface area contributed by atoms with Crippen LogP contribution in [0.15, 0.2) is 17.1 Å². The first kappa shape index (κ1) is 21.4. The zero-order valence-corrected chi connectivity index (χ0v) is 16.3. The summed E-state index contributed by atoms with van der Waals surface area (Å²) in [5.74, 6) is 0.681. The van der Waals surface area contributed by atoms with Gasteiger partial charge in [-0.05, 0) is 26.2 Å². The molecular formula is C18H35N5O2. The van der Waals surface area contributed by atoms with Crippen molar-refractivity contribution >= 4 is 11.9 Å². The van der Waals surface area contributed by atoms with Crippen molar-refractivity contribution < 1.29 is 9.53 Å². The molecule has 1 rings (SSSR count). The van der Waals surface area contributed by atoms with Gasteiger partial charge >= 0.3 is 0 Å². The molecule has 1 fully saturated rings. The van der Waals surface area contributed by atoms with Crippen molar-refractivity contribution in [2.24, 2.45) is 4.99 Å². The van der Waals surface area contributed by atoms with Crippen LogP contribution >= 0.6 is 0 Å². The first-order valence-corrected chi connectivity index (χ1v) is 9.03. The monoisotopic (exact) mass is 353 g/mol. The van der Waals surface area contributed by atoms with E-state index in [0.717, 1.165) is 51.1 Å². The lowest BCUT2D eigenvalue weighted by Crippen LogP contribution is -2.49. The molecule has 0 unspecified atom stereocenters. The number of amides is 1. The third-order valence-corrected chi connectivity index (χ3v) is 4.18. The average molecular weight is 354 g/mol. The zero-order valence-electron chi connectivity index (χ0n) is 16.3. The Morgan fingerprint density at radius 2 is 2.04 bits per heavy atom. The van der Waals surface area contributed by atoms with Crippen molar-refractivity contribution in [2.75, 3.05) is 60.5 Å². The lowest BCUT2D eigenvalue weighted by Gasteiger charge is -2.33. The maximum absolute atomic E-state index is 11.8. The Morgan fingerprint density at radius 3 is 2.60 bits per heavy atom. The van der Waals surface area contributed by atoms with Crippen LogP contribution in [0.3, 0.4) is 0 Å². The molecule has 1 amide bonds. The molecule has 0 spiro atoms. The van der Waals surface area contributed by atoms with E-state index in [0.29, 0.717) is 18.5 Å². The van der Waals surface area contributed by atoms with E-state index in [1.807, 2.05) is 6.92 Å². The van der Waals surface area contributed by atoms with Crippen molar-refractivity contribution in [3.63, 3.8) is 0 Å². The highest BCUT2D eigenvalue weighted by atomic mass is 16.5. The molecule has 0 bridgehead atoms. The smallest absolute Gasteiger partial charge is 0.243 e. The summed E-state index contributed by atoms with van der Waals surface area (Å²) in [6.07, 6.45) is 3.22. The lowest BCUT2D eigenvalue weighted by molar-refractivity contribution is -0.127. The molecule has 7 heteroatoms. The number of likely N-dealkylation sites (N-methyl/N-ethyl adjacent to an activating group) is 1. The number of nitrogens with zero attached hydrogens (tertiary/aromatic N) is 3. The number of carbonyl (C=O) groups excluding carboxylic acids is 1. The minimum Gasteiger partial charge on any atom is -0.385 e. The molecule has 144 valence electrons. The third-order valence-electron chi connectivity index (χ3n) is 4.18. The topological polar surface area (TPSA) is 69.2 Å². The summed E-state index contributed by atoms with van der Waals surface area (Å²) in [6.45, 7) is 10.7. The Morgan fingerprint density at radius 1 is 1.36 bits per heavy atom. The Labute approximate surface area is 152 Å². The molecule has 7 nitrogen and oxygen atoms in total. The molecule has 0 atom stereocenters. The van der Waals surface area contributed by atoms with Crippen LogP contribution in [0, 0.1) is 0 Å². The summed E-state index contributed by atoms with van der Waals surface area (Å²) in [7, 11) is 5.23. The number of hydrogen-bond acceptors (Lipinski definition) is 4. The van der Waals surface area contributed by atoms with Gasteiger partial charge in [-0.2, -0.15) is 0 Å². The lowest BCUT2D eigenvalue weighted by atomic mass is 10.1. The van der Waals surface area contributed by atoms with Crippen molar-refractivity contribution in [3.8, 4) is 0 Å². The number of carbonyl (C=O) groups is 1. The van der Waals surface area contributed by atoms with Gasteiger partial charge in [-0.3, -0.25) is 4.79 Å². The Kier molecular flexibility index (Phi) is 10.2. The number of guanidine groups is 1. The van der Waals surface area contributed by atoms with Crippen LogP contribution in [-0.4, -0.2) is 88.2 Å². The number of likely N-dealkylation sites (tertiary alicyclic amines) is 1. The van der Waals surface area contributed by atoms with Gasteiger partial charge in [0.25, 0.3) is 0 Å². The van der Waals surface area contributed by atoms with E-state index in [9.17, 15) is 4.79 Å². The van der Waals surface area contributed by atoms with Gasteiger partial charge < -0.3 is 25.2 Å². The van der Waals surface area contributed by atoms with Crippen LogP contribution in [0.4, 0.5) is 0 Å². The van der Waals surface area contributed by atoms with E-state index in [1.54, 1.807) is 26.1 Å². The van der Waals surface area contributed by atoms with Gasteiger partial charge in [0, 0.05) is 60.0 Å². The maximum Gasteiger partial charge on any atom is 0.243 e. The van der Waals surface area contributed by atoms with Gasteiger partial charge in [-0.1, -0.05) is 12.2 Å². The highest BCUT2D eigenvalue weighted by Gasteiger charge is 2.19. The normalized spacial score (nSPS) is 16.6. The number of ether oxygens (including phenoxy) is 1. The largest absolute Gasteiger partial charge is 0.385 e. The second kappa shape index (κ2) is 11.9. The van der Waals surface area contributed by atoms with Crippen molar-refractivity contribution in [3.05, 3.63) is 12.2 Å². The van der Waals surface area contributed by atoms with Gasteiger partial charge in [0.15, 0.2) is 5.96 Å². The fraction of sp³-hybridized carbons (Fsp3) is 0.778. The fourth-order valence-corrected chi connectivity index (χ4v) is 2.60. The number of methoxy groups -OCH3 is 1. The summed E-state index contributed by atoms with van der Waals surface area (Å²) in [5.41, 5.74) is 1.03. The molecule has 25 heavy (non-hydrogen) atoms. The number of rotatable bonds is 9.